The van der Waals surface area contributed by atoms with Crippen LogP contribution in [-0.2, 0) is 4.79 Å². The Hall–Kier alpha value is -0.980. The van der Waals surface area contributed by atoms with Crippen LogP contribution >= 0.6 is 15.9 Å². The Labute approximate surface area is 132 Å². The highest BCUT2D eigenvalue weighted by molar-refractivity contribution is 9.10. The fraction of sp³-hybridized carbons (Fsp3) is 0.533. The summed E-state index contributed by atoms with van der Waals surface area (Å²) < 4.78 is 14.8. The van der Waals surface area contributed by atoms with Crippen LogP contribution in [0, 0.1) is 5.82 Å². The number of rotatable bonds is 4. The van der Waals surface area contributed by atoms with E-state index in [2.05, 4.69) is 20.8 Å². The largest absolute Gasteiger partial charge is 0.480 e. The lowest BCUT2D eigenvalue weighted by molar-refractivity contribution is -0.138. The summed E-state index contributed by atoms with van der Waals surface area (Å²) in [6, 6.07) is 5.14. The van der Waals surface area contributed by atoms with Crippen molar-refractivity contribution in [2.75, 3.05) is 32.7 Å². The number of carboxylic acid groups (broad SMARTS) is 1. The number of carboxylic acids is 1. The second-order valence-corrected chi connectivity index (χ2v) is 6.32. The highest BCUT2D eigenvalue weighted by atomic mass is 79.9. The van der Waals surface area contributed by atoms with E-state index in [0.29, 0.717) is 12.1 Å². The zero-order valence-electron chi connectivity index (χ0n) is 12.1. The van der Waals surface area contributed by atoms with Crippen molar-refractivity contribution in [3.05, 3.63) is 34.1 Å². The van der Waals surface area contributed by atoms with Crippen LogP contribution in [0.2, 0.25) is 0 Å². The first-order chi connectivity index (χ1) is 9.97. The molecule has 0 aromatic heterocycles. The van der Waals surface area contributed by atoms with Gasteiger partial charge in [0.15, 0.2) is 0 Å². The van der Waals surface area contributed by atoms with Gasteiger partial charge in [-0.25, -0.2) is 4.39 Å². The van der Waals surface area contributed by atoms with E-state index in [1.807, 2.05) is 24.0 Å². The molecule has 1 atom stereocenters. The average Bonchev–Trinajstić information content (AvgIpc) is 2.63. The summed E-state index contributed by atoms with van der Waals surface area (Å²) in [6.45, 7) is 5.16. The zero-order chi connectivity index (χ0) is 15.4. The number of hydrogen-bond acceptors (Lipinski definition) is 3. The van der Waals surface area contributed by atoms with Gasteiger partial charge >= 0.3 is 5.97 Å². The third kappa shape index (κ3) is 4.49. The van der Waals surface area contributed by atoms with E-state index in [4.69, 9.17) is 5.11 Å². The van der Waals surface area contributed by atoms with Crippen LogP contribution in [0.15, 0.2) is 22.7 Å². The minimum absolute atomic E-state index is 0.0112. The van der Waals surface area contributed by atoms with Gasteiger partial charge in [-0.3, -0.25) is 14.6 Å². The molecule has 116 valence electrons. The van der Waals surface area contributed by atoms with Crippen molar-refractivity contribution in [2.45, 2.75) is 19.4 Å². The average molecular weight is 359 g/mol. The Kier molecular flexibility index (Phi) is 5.72. The first-order valence-electron chi connectivity index (χ1n) is 7.10. The van der Waals surface area contributed by atoms with Gasteiger partial charge in [0.1, 0.15) is 5.82 Å². The topological polar surface area (TPSA) is 43.8 Å². The molecular weight excluding hydrogens is 339 g/mol. The molecule has 2 rings (SSSR count). The minimum Gasteiger partial charge on any atom is -0.480 e. The van der Waals surface area contributed by atoms with Crippen molar-refractivity contribution >= 4 is 21.9 Å². The Balaban J connectivity index is 2.02. The van der Waals surface area contributed by atoms with Gasteiger partial charge < -0.3 is 5.11 Å². The van der Waals surface area contributed by atoms with E-state index in [0.717, 1.165) is 30.5 Å². The molecule has 0 aliphatic carbocycles. The Morgan fingerprint density at radius 1 is 1.38 bits per heavy atom. The molecule has 1 aromatic rings. The molecule has 1 aliphatic heterocycles. The van der Waals surface area contributed by atoms with Gasteiger partial charge in [0.2, 0.25) is 0 Å². The quantitative estimate of drug-likeness (QED) is 0.898. The predicted octanol–water partition coefficient (Wildman–Crippen LogP) is 2.74. The van der Waals surface area contributed by atoms with E-state index in [1.54, 1.807) is 0 Å². The molecular formula is C15H20BrFN2O2. The smallest absolute Gasteiger partial charge is 0.317 e. The molecule has 1 N–H and O–H groups in total. The summed E-state index contributed by atoms with van der Waals surface area (Å²) in [5.74, 6) is -1.00. The number of carbonyl (C=O) groups is 1. The van der Waals surface area contributed by atoms with Crippen molar-refractivity contribution in [2.24, 2.45) is 0 Å². The second-order valence-electron chi connectivity index (χ2n) is 5.40. The van der Waals surface area contributed by atoms with Crippen LogP contribution in [0.4, 0.5) is 4.39 Å². The molecule has 1 unspecified atom stereocenters. The molecule has 21 heavy (non-hydrogen) atoms. The Bertz CT molecular complexity index is 512. The van der Waals surface area contributed by atoms with Crippen LogP contribution in [0.5, 0.6) is 0 Å². The van der Waals surface area contributed by atoms with E-state index in [9.17, 15) is 9.18 Å². The van der Waals surface area contributed by atoms with Crippen LogP contribution in [0.25, 0.3) is 0 Å². The normalized spacial score (nSPS) is 19.2. The molecule has 1 saturated heterocycles. The number of halogens is 2. The van der Waals surface area contributed by atoms with Gasteiger partial charge in [-0.1, -0.05) is 22.0 Å². The fourth-order valence-electron chi connectivity index (χ4n) is 2.76. The first-order valence-corrected chi connectivity index (χ1v) is 7.90. The summed E-state index contributed by atoms with van der Waals surface area (Å²) in [4.78, 5) is 14.9. The van der Waals surface area contributed by atoms with Gasteiger partial charge in [-0.05, 0) is 25.5 Å². The number of benzene rings is 1. The lowest BCUT2D eigenvalue weighted by Crippen LogP contribution is -2.35. The maximum Gasteiger partial charge on any atom is 0.317 e. The van der Waals surface area contributed by atoms with Crippen molar-refractivity contribution in [1.82, 2.24) is 9.80 Å². The van der Waals surface area contributed by atoms with Crippen molar-refractivity contribution in [1.29, 1.82) is 0 Å². The van der Waals surface area contributed by atoms with Gasteiger partial charge in [0.05, 0.1) is 6.54 Å². The summed E-state index contributed by atoms with van der Waals surface area (Å²) in [6.07, 6.45) is 0.899. The molecule has 0 saturated carbocycles. The lowest BCUT2D eigenvalue weighted by Gasteiger charge is -2.28. The zero-order valence-corrected chi connectivity index (χ0v) is 13.6. The molecule has 0 radical (unpaired) electrons. The van der Waals surface area contributed by atoms with Gasteiger partial charge in [0.25, 0.3) is 0 Å². The maximum atomic E-state index is 14.1. The molecule has 1 aromatic carbocycles. The van der Waals surface area contributed by atoms with Crippen LogP contribution < -0.4 is 0 Å². The molecule has 1 fully saturated rings. The van der Waals surface area contributed by atoms with E-state index in [1.165, 1.54) is 6.07 Å². The molecule has 1 aliphatic rings. The second kappa shape index (κ2) is 7.33. The standard InChI is InChI=1S/C15H20BrFN2O2/c1-11(13-4-3-12(16)9-14(13)17)19-6-2-5-18(7-8-19)10-15(20)21/h3-4,9,11H,2,5-8,10H2,1H3,(H,20,21). The van der Waals surface area contributed by atoms with Gasteiger partial charge in [-0.2, -0.15) is 0 Å². The van der Waals surface area contributed by atoms with Crippen LogP contribution in [0.1, 0.15) is 24.9 Å². The minimum atomic E-state index is -0.796. The summed E-state index contributed by atoms with van der Waals surface area (Å²) >= 11 is 3.27. The van der Waals surface area contributed by atoms with Crippen LogP contribution in [-0.4, -0.2) is 53.6 Å². The van der Waals surface area contributed by atoms with Crippen LogP contribution in [0.3, 0.4) is 0 Å². The number of nitrogens with zero attached hydrogens (tertiary/aromatic N) is 2. The van der Waals surface area contributed by atoms with Gasteiger partial charge in [-0.15, -0.1) is 0 Å². The number of aliphatic carboxylic acids is 1. The molecule has 0 spiro atoms. The van der Waals surface area contributed by atoms with E-state index in [-0.39, 0.29) is 18.4 Å². The first kappa shape index (κ1) is 16.4. The van der Waals surface area contributed by atoms with E-state index >= 15 is 0 Å². The third-order valence-corrected chi connectivity index (χ3v) is 4.44. The molecule has 1 heterocycles. The van der Waals surface area contributed by atoms with Gasteiger partial charge in [0, 0.05) is 42.3 Å². The molecule has 4 nitrogen and oxygen atoms in total. The highest BCUT2D eigenvalue weighted by Gasteiger charge is 2.22. The SMILES string of the molecule is CC(c1ccc(Br)cc1F)N1CCCN(CC(=O)O)CC1. The predicted molar refractivity (Wildman–Crippen MR) is 82.8 cm³/mol. The van der Waals surface area contributed by atoms with Crippen molar-refractivity contribution < 1.29 is 14.3 Å². The lowest BCUT2D eigenvalue weighted by atomic mass is 10.1. The van der Waals surface area contributed by atoms with Crippen molar-refractivity contribution in [3.63, 3.8) is 0 Å². The Morgan fingerprint density at radius 2 is 2.14 bits per heavy atom. The molecule has 0 amide bonds. The monoisotopic (exact) mass is 358 g/mol. The summed E-state index contributed by atoms with van der Waals surface area (Å²) in [5, 5.41) is 8.86. The fourth-order valence-corrected chi connectivity index (χ4v) is 3.10. The molecule has 6 heteroatoms. The Morgan fingerprint density at radius 3 is 2.81 bits per heavy atom. The maximum absolute atomic E-state index is 14.1. The summed E-state index contributed by atoms with van der Waals surface area (Å²) in [5.41, 5.74) is 0.685. The summed E-state index contributed by atoms with van der Waals surface area (Å²) in [7, 11) is 0. The van der Waals surface area contributed by atoms with Crippen molar-refractivity contribution in [3.8, 4) is 0 Å². The van der Waals surface area contributed by atoms with E-state index < -0.39 is 5.97 Å². The molecule has 0 bridgehead atoms. The highest BCUT2D eigenvalue weighted by Crippen LogP contribution is 2.26. The number of hydrogen-bond donors (Lipinski definition) is 1. The third-order valence-electron chi connectivity index (χ3n) is 3.94.